The second-order valence-corrected chi connectivity index (χ2v) is 8.42. The zero-order valence-corrected chi connectivity index (χ0v) is 15.9. The molecule has 0 amide bonds. The van der Waals surface area contributed by atoms with Gasteiger partial charge in [0.15, 0.2) is 9.84 Å². The molecule has 0 saturated heterocycles. The molecule has 4 nitrogen and oxygen atoms in total. The number of benzene rings is 2. The molecule has 0 aliphatic carbocycles. The van der Waals surface area contributed by atoms with Crippen LogP contribution in [0.3, 0.4) is 0 Å². The van der Waals surface area contributed by atoms with Gasteiger partial charge < -0.3 is 0 Å². The van der Waals surface area contributed by atoms with Crippen LogP contribution in [0.2, 0.25) is 10.0 Å². The van der Waals surface area contributed by atoms with Gasteiger partial charge in [0.1, 0.15) is 0 Å². The van der Waals surface area contributed by atoms with Gasteiger partial charge in [-0.15, -0.1) is 0 Å². The van der Waals surface area contributed by atoms with Crippen molar-refractivity contribution in [2.75, 3.05) is 11.6 Å². The molecule has 130 valence electrons. The van der Waals surface area contributed by atoms with Gasteiger partial charge in [0.25, 0.3) is 0 Å². The van der Waals surface area contributed by atoms with Crippen molar-refractivity contribution < 1.29 is 8.42 Å². The maximum absolute atomic E-state index is 11.8. The molecule has 0 radical (unpaired) electrons. The number of hydrogen-bond donors (Lipinski definition) is 0. The van der Waals surface area contributed by atoms with Gasteiger partial charge in [-0.3, -0.25) is 5.01 Å². The molecule has 0 N–H and O–H groups in total. The van der Waals surface area contributed by atoms with E-state index in [1.807, 2.05) is 24.1 Å². The Balaban J connectivity index is 1.89. The first-order valence-electron chi connectivity index (χ1n) is 7.60. The van der Waals surface area contributed by atoms with Crippen molar-refractivity contribution in [1.29, 1.82) is 0 Å². The van der Waals surface area contributed by atoms with E-state index in [-0.39, 0.29) is 4.90 Å². The average molecular weight is 395 g/mol. The molecule has 3 rings (SSSR count). The molecule has 1 aliphatic rings. The Bertz CT molecular complexity index is 967. The molecule has 0 saturated carbocycles. The van der Waals surface area contributed by atoms with Crippen LogP contribution in [0.5, 0.6) is 0 Å². The number of anilines is 1. The third kappa shape index (κ3) is 3.59. The molecule has 0 bridgehead atoms. The van der Waals surface area contributed by atoms with Gasteiger partial charge in [-0.25, -0.2) is 8.42 Å². The summed E-state index contributed by atoms with van der Waals surface area (Å²) in [4.78, 5) is 0.218. The average Bonchev–Trinajstić information content (AvgIpc) is 3.08. The highest BCUT2D eigenvalue weighted by Gasteiger charge is 2.20. The number of sulfone groups is 1. The monoisotopic (exact) mass is 394 g/mol. The maximum atomic E-state index is 11.8. The highest BCUT2D eigenvalue weighted by atomic mass is 35.5. The lowest BCUT2D eigenvalue weighted by molar-refractivity contribution is 0.604. The van der Waals surface area contributed by atoms with E-state index in [2.05, 4.69) is 11.7 Å². The normalized spacial score (nSPS) is 14.5. The summed E-state index contributed by atoms with van der Waals surface area (Å²) >= 11 is 12.2. The summed E-state index contributed by atoms with van der Waals surface area (Å²) in [5, 5.41) is 8.47. The summed E-state index contributed by atoms with van der Waals surface area (Å²) in [5.74, 6) is 0. The van der Waals surface area contributed by atoms with E-state index < -0.39 is 9.84 Å². The Labute approximate surface area is 157 Å². The van der Waals surface area contributed by atoms with E-state index in [9.17, 15) is 8.42 Å². The van der Waals surface area contributed by atoms with E-state index in [0.29, 0.717) is 16.6 Å². The number of aryl methyl sites for hydroxylation is 1. The molecule has 1 heterocycles. The van der Waals surface area contributed by atoms with Crippen molar-refractivity contribution in [3.05, 3.63) is 69.6 Å². The van der Waals surface area contributed by atoms with Crippen molar-refractivity contribution in [2.24, 2.45) is 5.10 Å². The lowest BCUT2D eigenvalue weighted by atomic mass is 10.0. The second-order valence-electron chi connectivity index (χ2n) is 5.71. The zero-order chi connectivity index (χ0) is 18.2. The van der Waals surface area contributed by atoms with Crippen LogP contribution >= 0.6 is 23.2 Å². The standard InChI is InChI=1S/C18H16Cl2N2O2S/c1-3-25(23,24)14-6-4-13(5-7-14)22-9-8-18(21-22)15-11-17(20)16(19)10-12(15)2/h3-7,10-11H,1,8-9H2,2H3. The molecule has 0 unspecified atom stereocenters. The summed E-state index contributed by atoms with van der Waals surface area (Å²) < 4.78 is 23.6. The van der Waals surface area contributed by atoms with Crippen LogP contribution in [-0.4, -0.2) is 20.7 Å². The molecule has 0 spiro atoms. The lowest BCUT2D eigenvalue weighted by Crippen LogP contribution is -2.11. The number of nitrogens with zero attached hydrogens (tertiary/aromatic N) is 2. The first-order valence-corrected chi connectivity index (χ1v) is 9.90. The van der Waals surface area contributed by atoms with E-state index in [1.165, 1.54) is 0 Å². The molecule has 25 heavy (non-hydrogen) atoms. The fraction of sp³-hybridized carbons (Fsp3) is 0.167. The number of rotatable bonds is 4. The minimum Gasteiger partial charge on any atom is -0.265 e. The molecular formula is C18H16Cl2N2O2S. The van der Waals surface area contributed by atoms with E-state index in [1.54, 1.807) is 24.3 Å². The summed E-state index contributed by atoms with van der Waals surface area (Å²) in [6.45, 7) is 6.01. The van der Waals surface area contributed by atoms with Crippen LogP contribution < -0.4 is 5.01 Å². The van der Waals surface area contributed by atoms with Gasteiger partial charge in [-0.2, -0.15) is 5.10 Å². The summed E-state index contributed by atoms with van der Waals surface area (Å²) in [7, 11) is -3.42. The predicted octanol–water partition coefficient (Wildman–Crippen LogP) is 4.83. The molecule has 7 heteroatoms. The molecular weight excluding hydrogens is 379 g/mol. The molecule has 0 fully saturated rings. The number of halogens is 2. The van der Waals surface area contributed by atoms with Crippen molar-refractivity contribution in [2.45, 2.75) is 18.2 Å². The van der Waals surface area contributed by atoms with Gasteiger partial charge >= 0.3 is 0 Å². The minimum atomic E-state index is -3.42. The minimum absolute atomic E-state index is 0.218. The first-order chi connectivity index (χ1) is 11.8. The van der Waals surface area contributed by atoms with E-state index in [4.69, 9.17) is 23.2 Å². The quantitative estimate of drug-likeness (QED) is 0.745. The summed E-state index contributed by atoms with van der Waals surface area (Å²) in [6, 6.07) is 10.3. The van der Waals surface area contributed by atoms with Crippen LogP contribution in [0.15, 0.2) is 58.4 Å². The van der Waals surface area contributed by atoms with Crippen molar-refractivity contribution in [1.82, 2.24) is 0 Å². The second kappa shape index (κ2) is 6.83. The van der Waals surface area contributed by atoms with Crippen LogP contribution in [-0.2, 0) is 9.84 Å². The first kappa shape index (κ1) is 18.0. The van der Waals surface area contributed by atoms with Crippen LogP contribution in [0.25, 0.3) is 0 Å². The van der Waals surface area contributed by atoms with E-state index in [0.717, 1.165) is 34.4 Å². The third-order valence-electron chi connectivity index (χ3n) is 4.06. The Morgan fingerprint density at radius 1 is 1.16 bits per heavy atom. The molecule has 2 aromatic carbocycles. The number of hydrazone groups is 1. The topological polar surface area (TPSA) is 49.7 Å². The Hall–Kier alpha value is -1.82. The smallest absolute Gasteiger partial charge is 0.199 e. The van der Waals surface area contributed by atoms with Gasteiger partial charge in [-0.1, -0.05) is 29.8 Å². The molecule has 0 atom stereocenters. The zero-order valence-electron chi connectivity index (χ0n) is 13.5. The van der Waals surface area contributed by atoms with Gasteiger partial charge in [0.05, 0.1) is 26.3 Å². The van der Waals surface area contributed by atoms with Gasteiger partial charge in [0, 0.05) is 23.9 Å². The molecule has 0 aromatic heterocycles. The largest absolute Gasteiger partial charge is 0.265 e. The summed E-state index contributed by atoms with van der Waals surface area (Å²) in [6.07, 6.45) is 0.769. The highest BCUT2D eigenvalue weighted by molar-refractivity contribution is 7.94. The molecule has 2 aromatic rings. The van der Waals surface area contributed by atoms with Crippen molar-refractivity contribution in [3.63, 3.8) is 0 Å². The maximum Gasteiger partial charge on any atom is 0.199 e. The van der Waals surface area contributed by atoms with Crippen molar-refractivity contribution in [3.8, 4) is 0 Å². The number of hydrogen-bond acceptors (Lipinski definition) is 4. The van der Waals surface area contributed by atoms with Gasteiger partial charge in [0.2, 0.25) is 0 Å². The highest BCUT2D eigenvalue weighted by Crippen LogP contribution is 2.29. The van der Waals surface area contributed by atoms with Crippen LogP contribution in [0.1, 0.15) is 17.5 Å². The fourth-order valence-corrected chi connectivity index (χ4v) is 3.78. The fourth-order valence-electron chi connectivity index (χ4n) is 2.69. The Morgan fingerprint density at radius 2 is 1.80 bits per heavy atom. The SMILES string of the molecule is C=CS(=O)(=O)c1ccc(N2CCC(c3cc(Cl)c(Cl)cc3C)=N2)cc1. The Morgan fingerprint density at radius 3 is 2.44 bits per heavy atom. The van der Waals surface area contributed by atoms with Crippen molar-refractivity contribution >= 4 is 44.4 Å². The van der Waals surface area contributed by atoms with Gasteiger partial charge in [-0.05, 0) is 48.9 Å². The van der Waals surface area contributed by atoms with Crippen LogP contribution in [0, 0.1) is 6.92 Å². The summed E-state index contributed by atoms with van der Waals surface area (Å²) in [5.41, 5.74) is 3.75. The lowest BCUT2D eigenvalue weighted by Gasteiger charge is -2.13. The van der Waals surface area contributed by atoms with E-state index >= 15 is 0 Å². The predicted molar refractivity (Wildman–Crippen MR) is 104 cm³/mol. The molecule has 1 aliphatic heterocycles. The Kier molecular flexibility index (Phi) is 4.91. The van der Waals surface area contributed by atoms with Crippen LogP contribution in [0.4, 0.5) is 5.69 Å². The third-order valence-corrected chi connectivity index (χ3v) is 6.15.